The number of amides is 2. The molecule has 2 N–H and O–H groups in total. The lowest BCUT2D eigenvalue weighted by atomic mass is 10.1. The van der Waals surface area contributed by atoms with Crippen LogP contribution in [0.1, 0.15) is 53.0 Å². The van der Waals surface area contributed by atoms with E-state index in [9.17, 15) is 9.59 Å². The summed E-state index contributed by atoms with van der Waals surface area (Å²) in [5.74, 6) is -0.328. The Hall–Kier alpha value is -2.05. The van der Waals surface area contributed by atoms with Crippen molar-refractivity contribution < 1.29 is 9.59 Å². The summed E-state index contributed by atoms with van der Waals surface area (Å²) in [7, 11) is 0. The van der Waals surface area contributed by atoms with Gasteiger partial charge >= 0.3 is 0 Å². The zero-order valence-electron chi connectivity index (χ0n) is 14.4. The van der Waals surface area contributed by atoms with Gasteiger partial charge in [-0.25, -0.2) is 4.98 Å². The fourth-order valence-corrected chi connectivity index (χ4v) is 3.56. The second kappa shape index (κ2) is 8.10. The van der Waals surface area contributed by atoms with E-state index >= 15 is 0 Å². The van der Waals surface area contributed by atoms with Gasteiger partial charge < -0.3 is 15.2 Å². The van der Waals surface area contributed by atoms with Gasteiger partial charge in [-0.15, -0.1) is 0 Å². The van der Waals surface area contributed by atoms with Gasteiger partial charge in [-0.2, -0.15) is 0 Å². The molecule has 2 heterocycles. The predicted molar refractivity (Wildman–Crippen MR) is 102 cm³/mol. The predicted octanol–water partition coefficient (Wildman–Crippen LogP) is 3.92. The van der Waals surface area contributed by atoms with Gasteiger partial charge in [0.05, 0.1) is 5.69 Å². The summed E-state index contributed by atoms with van der Waals surface area (Å²) in [6, 6.07) is 4.82. The average molecular weight is 395 g/mol. The van der Waals surface area contributed by atoms with Gasteiger partial charge in [0.2, 0.25) is 0 Å². The topological polar surface area (TPSA) is 76.0 Å². The molecule has 3 rings (SSSR count). The summed E-state index contributed by atoms with van der Waals surface area (Å²) in [5.41, 5.74) is 1.56. The molecule has 2 aromatic rings. The number of imidazole rings is 1. The van der Waals surface area contributed by atoms with E-state index in [0.717, 1.165) is 25.0 Å². The molecule has 0 bridgehead atoms. The molecule has 1 aliphatic heterocycles. The van der Waals surface area contributed by atoms with Gasteiger partial charge in [-0.3, -0.25) is 9.59 Å². The lowest BCUT2D eigenvalue weighted by Gasteiger charge is -2.17. The van der Waals surface area contributed by atoms with Crippen LogP contribution in [-0.2, 0) is 13.0 Å². The molecule has 1 aliphatic rings. The molecule has 1 aromatic heterocycles. The fraction of sp³-hybridized carbons (Fsp3) is 0.389. The molecule has 1 aromatic carbocycles. The standard InChI is InChI=1S/C18H20Cl2N4O2/c1-2-6-21-18(26)16-23-15(14-5-3-4-7-24(14)16)17(25)22-13-9-11(19)8-12(20)10-13/h8-10H,2-7H2,1H3,(H,21,26)(H,22,25). The summed E-state index contributed by atoms with van der Waals surface area (Å²) < 4.78 is 1.86. The lowest BCUT2D eigenvalue weighted by Crippen LogP contribution is -2.28. The first-order chi connectivity index (χ1) is 12.5. The summed E-state index contributed by atoms with van der Waals surface area (Å²) in [5, 5.41) is 6.46. The van der Waals surface area contributed by atoms with Crippen LogP contribution in [0.15, 0.2) is 18.2 Å². The van der Waals surface area contributed by atoms with Crippen LogP contribution in [0, 0.1) is 0 Å². The molecular weight excluding hydrogens is 375 g/mol. The molecule has 0 atom stereocenters. The third-order valence-electron chi connectivity index (χ3n) is 4.19. The third-order valence-corrected chi connectivity index (χ3v) is 4.63. The third kappa shape index (κ3) is 4.02. The summed E-state index contributed by atoms with van der Waals surface area (Å²) in [6.45, 7) is 3.24. The number of nitrogens with one attached hydrogen (secondary N) is 2. The van der Waals surface area contributed by atoms with E-state index in [1.54, 1.807) is 18.2 Å². The number of benzene rings is 1. The number of hydrogen-bond acceptors (Lipinski definition) is 3. The highest BCUT2D eigenvalue weighted by Gasteiger charge is 2.27. The maximum atomic E-state index is 12.8. The Morgan fingerprint density at radius 3 is 2.58 bits per heavy atom. The second-order valence-corrected chi connectivity index (χ2v) is 7.08. The summed E-state index contributed by atoms with van der Waals surface area (Å²) in [4.78, 5) is 29.5. The molecule has 0 saturated carbocycles. The van der Waals surface area contributed by atoms with Crippen molar-refractivity contribution in [3.63, 3.8) is 0 Å². The molecule has 0 aliphatic carbocycles. The monoisotopic (exact) mass is 394 g/mol. The van der Waals surface area contributed by atoms with Crippen LogP contribution in [-0.4, -0.2) is 27.9 Å². The Kier molecular flexibility index (Phi) is 5.84. The number of fused-ring (bicyclic) bond motifs is 1. The van der Waals surface area contributed by atoms with Crippen molar-refractivity contribution >= 4 is 40.7 Å². The number of nitrogens with zero attached hydrogens (tertiary/aromatic N) is 2. The van der Waals surface area contributed by atoms with Crippen LogP contribution in [0.4, 0.5) is 5.69 Å². The van der Waals surface area contributed by atoms with Crippen molar-refractivity contribution in [2.75, 3.05) is 11.9 Å². The zero-order valence-corrected chi connectivity index (χ0v) is 16.0. The molecule has 6 nitrogen and oxygen atoms in total. The number of hydrogen-bond donors (Lipinski definition) is 2. The molecule has 138 valence electrons. The van der Waals surface area contributed by atoms with Crippen LogP contribution in [0.5, 0.6) is 0 Å². The van der Waals surface area contributed by atoms with E-state index in [0.29, 0.717) is 41.1 Å². The van der Waals surface area contributed by atoms with E-state index in [1.807, 2.05) is 11.5 Å². The minimum atomic E-state index is -0.372. The first-order valence-corrected chi connectivity index (χ1v) is 9.40. The first-order valence-electron chi connectivity index (χ1n) is 8.64. The first kappa shape index (κ1) is 18.7. The number of carbonyl (C=O) groups excluding carboxylic acids is 2. The normalized spacial score (nSPS) is 13.2. The van der Waals surface area contributed by atoms with E-state index in [1.165, 1.54) is 0 Å². The van der Waals surface area contributed by atoms with Crippen molar-refractivity contribution in [3.8, 4) is 0 Å². The number of aromatic nitrogens is 2. The van der Waals surface area contributed by atoms with Crippen LogP contribution >= 0.6 is 23.2 Å². The molecule has 0 spiro atoms. The summed E-state index contributed by atoms with van der Waals surface area (Å²) in [6.07, 6.45) is 3.47. The van der Waals surface area contributed by atoms with Gasteiger partial charge in [-0.1, -0.05) is 30.1 Å². The lowest BCUT2D eigenvalue weighted by molar-refractivity contribution is 0.0937. The van der Waals surface area contributed by atoms with Crippen molar-refractivity contribution in [2.45, 2.75) is 39.2 Å². The Morgan fingerprint density at radius 2 is 1.88 bits per heavy atom. The smallest absolute Gasteiger partial charge is 0.287 e. The molecule has 8 heteroatoms. The number of anilines is 1. The Labute approximate surface area is 161 Å². The van der Waals surface area contributed by atoms with E-state index < -0.39 is 0 Å². The Balaban J connectivity index is 1.90. The zero-order chi connectivity index (χ0) is 18.7. The van der Waals surface area contributed by atoms with Crippen LogP contribution in [0.3, 0.4) is 0 Å². The average Bonchev–Trinajstić information content (AvgIpc) is 2.98. The molecule has 0 fully saturated rings. The van der Waals surface area contributed by atoms with Crippen molar-refractivity contribution in [3.05, 3.63) is 45.5 Å². The van der Waals surface area contributed by atoms with Crippen molar-refractivity contribution in [1.82, 2.24) is 14.9 Å². The van der Waals surface area contributed by atoms with E-state index in [4.69, 9.17) is 23.2 Å². The highest BCUT2D eigenvalue weighted by molar-refractivity contribution is 6.35. The molecule has 26 heavy (non-hydrogen) atoms. The Morgan fingerprint density at radius 1 is 1.15 bits per heavy atom. The van der Waals surface area contributed by atoms with E-state index in [-0.39, 0.29) is 17.5 Å². The molecular formula is C18H20Cl2N4O2. The van der Waals surface area contributed by atoms with Crippen LogP contribution in [0.2, 0.25) is 10.0 Å². The fourth-order valence-electron chi connectivity index (χ4n) is 3.03. The SMILES string of the molecule is CCCNC(=O)c1nc(C(=O)Nc2cc(Cl)cc(Cl)c2)c2n1CCCC2. The van der Waals surface area contributed by atoms with Crippen molar-refractivity contribution in [1.29, 1.82) is 0 Å². The number of rotatable bonds is 5. The van der Waals surface area contributed by atoms with E-state index in [2.05, 4.69) is 15.6 Å². The van der Waals surface area contributed by atoms with Gasteiger partial charge in [0.1, 0.15) is 0 Å². The highest BCUT2D eigenvalue weighted by Crippen LogP contribution is 2.25. The number of carbonyl (C=O) groups is 2. The van der Waals surface area contributed by atoms with Gasteiger partial charge in [0.25, 0.3) is 11.8 Å². The summed E-state index contributed by atoms with van der Waals surface area (Å²) >= 11 is 12.0. The van der Waals surface area contributed by atoms with Gasteiger partial charge in [0, 0.05) is 28.8 Å². The minimum Gasteiger partial charge on any atom is -0.349 e. The maximum absolute atomic E-state index is 12.8. The van der Waals surface area contributed by atoms with Crippen LogP contribution in [0.25, 0.3) is 0 Å². The number of halogens is 2. The maximum Gasteiger partial charge on any atom is 0.287 e. The quantitative estimate of drug-likeness (QED) is 0.806. The molecule has 2 amide bonds. The van der Waals surface area contributed by atoms with Crippen molar-refractivity contribution in [2.24, 2.45) is 0 Å². The van der Waals surface area contributed by atoms with Gasteiger partial charge in [0.15, 0.2) is 11.5 Å². The largest absolute Gasteiger partial charge is 0.349 e. The minimum absolute atomic E-state index is 0.250. The molecule has 0 unspecified atom stereocenters. The highest BCUT2D eigenvalue weighted by atomic mass is 35.5. The molecule has 0 saturated heterocycles. The Bertz CT molecular complexity index is 828. The van der Waals surface area contributed by atoms with Crippen LogP contribution < -0.4 is 10.6 Å². The second-order valence-electron chi connectivity index (χ2n) is 6.21. The van der Waals surface area contributed by atoms with Gasteiger partial charge in [-0.05, 0) is 43.9 Å². The molecule has 0 radical (unpaired) electrons.